The van der Waals surface area contributed by atoms with Gasteiger partial charge in [0.25, 0.3) is 0 Å². The van der Waals surface area contributed by atoms with Gasteiger partial charge in [0.05, 0.1) is 18.6 Å². The number of methoxy groups -OCH3 is 1. The lowest BCUT2D eigenvalue weighted by Gasteiger charge is -2.12. The van der Waals surface area contributed by atoms with Crippen molar-refractivity contribution in [2.24, 2.45) is 5.92 Å². The number of hydrogen-bond donors (Lipinski definition) is 1. The minimum absolute atomic E-state index is 0.0159. The van der Waals surface area contributed by atoms with Gasteiger partial charge < -0.3 is 10.1 Å². The highest BCUT2D eigenvalue weighted by Gasteiger charge is 2.23. The Morgan fingerprint density at radius 3 is 2.61 bits per heavy atom. The molecule has 9 nitrogen and oxygen atoms in total. The first-order chi connectivity index (χ1) is 16.9. The van der Waals surface area contributed by atoms with E-state index in [-0.39, 0.29) is 46.2 Å². The summed E-state index contributed by atoms with van der Waals surface area (Å²) in [5.74, 6) is -1.18. The van der Waals surface area contributed by atoms with Crippen LogP contribution in [0.1, 0.15) is 38.8 Å². The number of halogens is 2. The summed E-state index contributed by atoms with van der Waals surface area (Å²) < 4.78 is 45.6. The second-order valence-electron chi connectivity index (χ2n) is 8.99. The third-order valence-electron chi connectivity index (χ3n) is 5.33. The molecule has 36 heavy (non-hydrogen) atoms. The molecule has 0 aliphatic heterocycles. The van der Waals surface area contributed by atoms with Gasteiger partial charge in [0, 0.05) is 59.4 Å². The Balaban J connectivity index is 2.03. The summed E-state index contributed by atoms with van der Waals surface area (Å²) in [5.41, 5.74) is 1.34. The van der Waals surface area contributed by atoms with Crippen LogP contribution >= 0.6 is 11.6 Å². The molecular formula is C24H29ClFN5O4S. The molecule has 2 heterocycles. The SMILES string of the molecule is COC(=O)C[C@@H](C)CNc1nccc(-c2cn(C(C)C)nc2-c2cc(Cl)cc(CS(C)(=O)=O)c2F)n1. The van der Waals surface area contributed by atoms with E-state index in [1.54, 1.807) is 23.1 Å². The van der Waals surface area contributed by atoms with Crippen molar-refractivity contribution in [3.63, 3.8) is 0 Å². The highest BCUT2D eigenvalue weighted by Crippen LogP contribution is 2.36. The van der Waals surface area contributed by atoms with Gasteiger partial charge in [-0.15, -0.1) is 0 Å². The molecular weight excluding hydrogens is 509 g/mol. The fourth-order valence-electron chi connectivity index (χ4n) is 3.55. The fourth-order valence-corrected chi connectivity index (χ4v) is 4.56. The van der Waals surface area contributed by atoms with Crippen molar-refractivity contribution in [1.29, 1.82) is 0 Å². The molecule has 0 aliphatic carbocycles. The van der Waals surface area contributed by atoms with Crippen LogP contribution in [0.15, 0.2) is 30.6 Å². The van der Waals surface area contributed by atoms with E-state index in [4.69, 9.17) is 16.3 Å². The number of benzene rings is 1. The number of rotatable bonds is 10. The Hall–Kier alpha value is -3.05. The summed E-state index contributed by atoms with van der Waals surface area (Å²) in [5, 5.41) is 7.88. The van der Waals surface area contributed by atoms with Crippen LogP contribution in [0.2, 0.25) is 5.02 Å². The molecule has 1 N–H and O–H groups in total. The molecule has 1 atom stereocenters. The van der Waals surface area contributed by atoms with Crippen molar-refractivity contribution in [3.05, 3.63) is 47.0 Å². The third kappa shape index (κ3) is 7.01. The second kappa shape index (κ2) is 11.3. The number of sulfone groups is 1. The first-order valence-corrected chi connectivity index (χ1v) is 13.7. The maximum Gasteiger partial charge on any atom is 0.305 e. The minimum atomic E-state index is -3.50. The van der Waals surface area contributed by atoms with Gasteiger partial charge in [0.2, 0.25) is 5.95 Å². The number of hydrogen-bond acceptors (Lipinski definition) is 8. The van der Waals surface area contributed by atoms with Crippen LogP contribution in [-0.2, 0) is 25.1 Å². The van der Waals surface area contributed by atoms with Gasteiger partial charge >= 0.3 is 5.97 Å². The Bertz CT molecular complexity index is 1360. The zero-order chi connectivity index (χ0) is 26.6. The summed E-state index contributed by atoms with van der Waals surface area (Å²) in [4.78, 5) is 20.3. The van der Waals surface area contributed by atoms with Crippen LogP contribution in [0, 0.1) is 11.7 Å². The van der Waals surface area contributed by atoms with E-state index in [2.05, 4.69) is 20.4 Å². The monoisotopic (exact) mass is 537 g/mol. The predicted octanol–water partition coefficient (Wildman–Crippen LogP) is 4.54. The van der Waals surface area contributed by atoms with Crippen molar-refractivity contribution in [2.75, 3.05) is 25.2 Å². The molecule has 3 rings (SSSR count). The van der Waals surface area contributed by atoms with E-state index in [9.17, 15) is 13.2 Å². The Morgan fingerprint density at radius 1 is 1.25 bits per heavy atom. The van der Waals surface area contributed by atoms with E-state index < -0.39 is 21.4 Å². The molecule has 3 aromatic rings. The van der Waals surface area contributed by atoms with E-state index in [1.807, 2.05) is 20.8 Å². The van der Waals surface area contributed by atoms with Gasteiger partial charge in [-0.2, -0.15) is 5.10 Å². The van der Waals surface area contributed by atoms with Crippen molar-refractivity contribution in [1.82, 2.24) is 19.7 Å². The average molecular weight is 538 g/mol. The van der Waals surface area contributed by atoms with Crippen LogP contribution < -0.4 is 5.32 Å². The summed E-state index contributed by atoms with van der Waals surface area (Å²) in [6, 6.07) is 4.37. The lowest BCUT2D eigenvalue weighted by atomic mass is 10.0. The largest absolute Gasteiger partial charge is 0.469 e. The Labute approximate surface area is 215 Å². The smallest absolute Gasteiger partial charge is 0.305 e. The van der Waals surface area contributed by atoms with Gasteiger partial charge in [0.15, 0.2) is 9.84 Å². The van der Waals surface area contributed by atoms with Crippen LogP contribution in [0.5, 0.6) is 0 Å². The minimum Gasteiger partial charge on any atom is -0.469 e. The molecule has 0 saturated heterocycles. The number of carbonyl (C=O) groups is 1. The van der Waals surface area contributed by atoms with Crippen LogP contribution in [0.4, 0.5) is 10.3 Å². The zero-order valence-corrected chi connectivity index (χ0v) is 22.3. The van der Waals surface area contributed by atoms with Crippen molar-refractivity contribution >= 4 is 33.4 Å². The number of aromatic nitrogens is 4. The summed E-state index contributed by atoms with van der Waals surface area (Å²) in [6.45, 7) is 6.20. The van der Waals surface area contributed by atoms with Gasteiger partial charge in [-0.05, 0) is 38.0 Å². The molecule has 0 spiro atoms. The highest BCUT2D eigenvalue weighted by molar-refractivity contribution is 7.89. The highest BCUT2D eigenvalue weighted by atomic mass is 35.5. The number of nitrogens with one attached hydrogen (secondary N) is 1. The van der Waals surface area contributed by atoms with Gasteiger partial charge in [-0.25, -0.2) is 22.8 Å². The first-order valence-electron chi connectivity index (χ1n) is 11.3. The molecule has 0 saturated carbocycles. The van der Waals surface area contributed by atoms with Crippen LogP contribution in [0.25, 0.3) is 22.5 Å². The van der Waals surface area contributed by atoms with Gasteiger partial charge in [-0.1, -0.05) is 18.5 Å². The molecule has 0 radical (unpaired) electrons. The fraction of sp³-hybridized carbons (Fsp3) is 0.417. The predicted molar refractivity (Wildman–Crippen MR) is 137 cm³/mol. The van der Waals surface area contributed by atoms with Gasteiger partial charge in [-0.3, -0.25) is 9.48 Å². The van der Waals surface area contributed by atoms with E-state index >= 15 is 4.39 Å². The quantitative estimate of drug-likeness (QED) is 0.375. The maximum atomic E-state index is 15.5. The summed E-state index contributed by atoms with van der Waals surface area (Å²) in [6.07, 6.45) is 4.60. The molecule has 194 valence electrons. The number of carbonyl (C=O) groups excluding carboxylic acids is 1. The molecule has 0 aliphatic rings. The second-order valence-corrected chi connectivity index (χ2v) is 11.6. The average Bonchev–Trinajstić information content (AvgIpc) is 3.25. The maximum absolute atomic E-state index is 15.5. The molecule has 12 heteroatoms. The molecule has 1 aromatic carbocycles. The van der Waals surface area contributed by atoms with E-state index in [1.165, 1.54) is 19.2 Å². The van der Waals surface area contributed by atoms with E-state index in [0.717, 1.165) is 6.26 Å². The zero-order valence-electron chi connectivity index (χ0n) is 20.7. The lowest BCUT2D eigenvalue weighted by Crippen LogP contribution is -2.17. The topological polar surface area (TPSA) is 116 Å². The number of anilines is 1. The molecule has 0 fully saturated rings. The van der Waals surface area contributed by atoms with Crippen LogP contribution in [-0.4, -0.2) is 54.0 Å². The van der Waals surface area contributed by atoms with Crippen molar-refractivity contribution < 1.29 is 22.3 Å². The molecule has 2 aromatic heterocycles. The summed E-state index contributed by atoms with van der Waals surface area (Å²) in [7, 11) is -2.15. The normalized spacial score (nSPS) is 12.6. The van der Waals surface area contributed by atoms with Gasteiger partial charge in [0.1, 0.15) is 11.5 Å². The Morgan fingerprint density at radius 2 is 1.97 bits per heavy atom. The lowest BCUT2D eigenvalue weighted by molar-refractivity contribution is -0.141. The standard InChI is InChI=1S/C24H29ClFN5O4S/c1-14(2)31-12-19(20-6-7-27-24(29-20)28-11-15(3)8-21(32)35-4)23(30-31)18-10-17(25)9-16(22(18)26)13-36(5,33)34/h6-7,9-10,12,14-15H,8,11,13H2,1-5H3,(H,27,28,29)/t15-/m1/s1. The summed E-state index contributed by atoms with van der Waals surface area (Å²) >= 11 is 6.25. The molecule has 0 unspecified atom stereocenters. The first kappa shape index (κ1) is 27.5. The molecule has 0 amide bonds. The number of ether oxygens (including phenoxy) is 1. The van der Waals surface area contributed by atoms with Crippen molar-refractivity contribution in [2.45, 2.75) is 39.0 Å². The Kier molecular flexibility index (Phi) is 8.67. The van der Waals surface area contributed by atoms with Crippen molar-refractivity contribution in [3.8, 4) is 22.5 Å². The number of nitrogens with zero attached hydrogens (tertiary/aromatic N) is 4. The number of esters is 1. The third-order valence-corrected chi connectivity index (χ3v) is 6.38. The van der Waals surface area contributed by atoms with Crippen LogP contribution in [0.3, 0.4) is 0 Å². The molecule has 0 bridgehead atoms. The van der Waals surface area contributed by atoms with E-state index in [0.29, 0.717) is 23.8 Å².